The predicted octanol–water partition coefficient (Wildman–Crippen LogP) is -0.452. The molecular formula is C9H15NO4. The van der Waals surface area contributed by atoms with Gasteiger partial charge in [-0.2, -0.15) is 0 Å². The normalized spacial score (nSPS) is 32.5. The minimum absolute atomic E-state index is 0.0444. The van der Waals surface area contributed by atoms with Crippen LogP contribution in [0.25, 0.3) is 0 Å². The van der Waals surface area contributed by atoms with Crippen molar-refractivity contribution in [3.63, 3.8) is 0 Å². The fourth-order valence-corrected chi connectivity index (χ4v) is 1.74. The van der Waals surface area contributed by atoms with Crippen molar-refractivity contribution in [2.24, 2.45) is 5.92 Å². The SMILES string of the molecule is O=C(CC1CCOC1)N1C[C@@H](O)CO1. The molecule has 80 valence electrons. The molecular weight excluding hydrogens is 186 g/mol. The van der Waals surface area contributed by atoms with E-state index in [1.165, 1.54) is 5.06 Å². The molecule has 0 aromatic heterocycles. The van der Waals surface area contributed by atoms with Crippen LogP contribution >= 0.6 is 0 Å². The van der Waals surface area contributed by atoms with E-state index < -0.39 is 6.10 Å². The standard InChI is InChI=1S/C9H15NO4/c11-8-4-10(14-6-8)9(12)3-7-1-2-13-5-7/h7-8,11H,1-6H2/t7?,8-/m1/s1. The van der Waals surface area contributed by atoms with E-state index in [2.05, 4.69) is 0 Å². The van der Waals surface area contributed by atoms with Crippen LogP contribution < -0.4 is 0 Å². The molecule has 2 aliphatic rings. The van der Waals surface area contributed by atoms with Crippen LogP contribution in [0.2, 0.25) is 0 Å². The van der Waals surface area contributed by atoms with Crippen molar-refractivity contribution in [2.45, 2.75) is 18.9 Å². The number of aliphatic hydroxyl groups excluding tert-OH is 1. The third-order valence-electron chi connectivity index (χ3n) is 2.56. The van der Waals surface area contributed by atoms with Crippen molar-refractivity contribution in [3.8, 4) is 0 Å². The number of hydrogen-bond acceptors (Lipinski definition) is 4. The second-order valence-electron chi connectivity index (χ2n) is 3.84. The van der Waals surface area contributed by atoms with Gasteiger partial charge in [-0.1, -0.05) is 0 Å². The van der Waals surface area contributed by atoms with Gasteiger partial charge in [0.15, 0.2) is 0 Å². The summed E-state index contributed by atoms with van der Waals surface area (Å²) < 4.78 is 5.18. The molecule has 0 aliphatic carbocycles. The van der Waals surface area contributed by atoms with Gasteiger partial charge in [-0.15, -0.1) is 0 Å². The quantitative estimate of drug-likeness (QED) is 0.657. The molecule has 2 saturated heterocycles. The van der Waals surface area contributed by atoms with Crippen LogP contribution in [0.3, 0.4) is 0 Å². The van der Waals surface area contributed by atoms with Crippen molar-refractivity contribution in [3.05, 3.63) is 0 Å². The molecule has 14 heavy (non-hydrogen) atoms. The number of carbonyl (C=O) groups is 1. The Kier molecular flexibility index (Phi) is 3.00. The van der Waals surface area contributed by atoms with Crippen molar-refractivity contribution in [1.82, 2.24) is 5.06 Å². The van der Waals surface area contributed by atoms with Crippen LogP contribution in [0.4, 0.5) is 0 Å². The van der Waals surface area contributed by atoms with E-state index in [9.17, 15) is 4.79 Å². The number of hydroxylamine groups is 2. The van der Waals surface area contributed by atoms with E-state index in [0.717, 1.165) is 13.0 Å². The van der Waals surface area contributed by atoms with E-state index >= 15 is 0 Å². The second kappa shape index (κ2) is 4.25. The molecule has 2 fully saturated rings. The maximum absolute atomic E-state index is 11.6. The number of ether oxygens (including phenoxy) is 1. The molecule has 1 N–H and O–H groups in total. The molecule has 5 nitrogen and oxygen atoms in total. The van der Waals surface area contributed by atoms with Crippen LogP contribution in [-0.4, -0.2) is 48.5 Å². The molecule has 1 unspecified atom stereocenters. The lowest BCUT2D eigenvalue weighted by molar-refractivity contribution is -0.169. The maximum Gasteiger partial charge on any atom is 0.246 e. The molecule has 0 bridgehead atoms. The summed E-state index contributed by atoms with van der Waals surface area (Å²) >= 11 is 0. The zero-order chi connectivity index (χ0) is 9.97. The van der Waals surface area contributed by atoms with E-state index in [1.807, 2.05) is 0 Å². The number of rotatable bonds is 2. The largest absolute Gasteiger partial charge is 0.389 e. The first kappa shape index (κ1) is 9.89. The van der Waals surface area contributed by atoms with Crippen LogP contribution in [0, 0.1) is 5.92 Å². The fraction of sp³-hybridized carbons (Fsp3) is 0.889. The Morgan fingerprint density at radius 2 is 2.36 bits per heavy atom. The Morgan fingerprint density at radius 1 is 1.50 bits per heavy atom. The van der Waals surface area contributed by atoms with Crippen LogP contribution in [-0.2, 0) is 14.4 Å². The molecule has 2 heterocycles. The third kappa shape index (κ3) is 2.23. The van der Waals surface area contributed by atoms with Gasteiger partial charge in [-0.05, 0) is 12.3 Å². The first-order chi connectivity index (χ1) is 6.75. The van der Waals surface area contributed by atoms with Gasteiger partial charge in [0, 0.05) is 19.6 Å². The monoisotopic (exact) mass is 201 g/mol. The topological polar surface area (TPSA) is 59.0 Å². The molecule has 0 radical (unpaired) electrons. The minimum atomic E-state index is -0.529. The summed E-state index contributed by atoms with van der Waals surface area (Å²) in [5, 5.41) is 10.4. The minimum Gasteiger partial charge on any atom is -0.389 e. The average molecular weight is 201 g/mol. The molecule has 2 aliphatic heterocycles. The molecule has 5 heteroatoms. The number of aliphatic hydroxyl groups is 1. The van der Waals surface area contributed by atoms with Crippen molar-refractivity contribution >= 4 is 5.91 Å². The number of carbonyl (C=O) groups excluding carboxylic acids is 1. The molecule has 0 aromatic carbocycles. The first-order valence-corrected chi connectivity index (χ1v) is 4.95. The van der Waals surface area contributed by atoms with Gasteiger partial charge in [-0.3, -0.25) is 9.63 Å². The molecule has 2 atom stereocenters. The highest BCUT2D eigenvalue weighted by atomic mass is 16.7. The summed E-state index contributed by atoms with van der Waals surface area (Å²) in [6, 6.07) is 0. The summed E-state index contributed by atoms with van der Waals surface area (Å²) in [6.07, 6.45) is 0.883. The molecule has 0 spiro atoms. The Balaban J connectivity index is 1.77. The van der Waals surface area contributed by atoms with E-state index in [-0.39, 0.29) is 12.5 Å². The highest BCUT2D eigenvalue weighted by Crippen LogP contribution is 2.18. The van der Waals surface area contributed by atoms with Gasteiger partial charge in [-0.25, -0.2) is 5.06 Å². The summed E-state index contributed by atoms with van der Waals surface area (Å²) in [4.78, 5) is 16.6. The number of β-amino-alcohol motifs (C(OH)–C–C–N with tert-alkyl or cyclic N) is 1. The average Bonchev–Trinajstić information content (AvgIpc) is 2.75. The highest BCUT2D eigenvalue weighted by Gasteiger charge is 2.28. The van der Waals surface area contributed by atoms with Gasteiger partial charge in [0.2, 0.25) is 5.91 Å². The van der Waals surface area contributed by atoms with Gasteiger partial charge in [0.05, 0.1) is 12.6 Å². The van der Waals surface area contributed by atoms with Gasteiger partial charge >= 0.3 is 0 Å². The number of amides is 1. The van der Waals surface area contributed by atoms with Gasteiger partial charge < -0.3 is 9.84 Å². The van der Waals surface area contributed by atoms with Crippen molar-refractivity contribution in [2.75, 3.05) is 26.4 Å². The third-order valence-corrected chi connectivity index (χ3v) is 2.56. The van der Waals surface area contributed by atoms with Crippen LogP contribution in [0.15, 0.2) is 0 Å². The van der Waals surface area contributed by atoms with Crippen LogP contribution in [0.1, 0.15) is 12.8 Å². The smallest absolute Gasteiger partial charge is 0.246 e. The Bertz CT molecular complexity index is 215. The molecule has 2 rings (SSSR count). The lowest BCUT2D eigenvalue weighted by Crippen LogP contribution is -2.30. The van der Waals surface area contributed by atoms with E-state index in [1.54, 1.807) is 0 Å². The van der Waals surface area contributed by atoms with Crippen LogP contribution in [0.5, 0.6) is 0 Å². The number of hydrogen-bond donors (Lipinski definition) is 1. The summed E-state index contributed by atoms with van der Waals surface area (Å²) in [5.41, 5.74) is 0. The van der Waals surface area contributed by atoms with Crippen molar-refractivity contribution < 1.29 is 19.5 Å². The Labute approximate surface area is 82.5 Å². The summed E-state index contributed by atoms with van der Waals surface area (Å²) in [5.74, 6) is 0.279. The second-order valence-corrected chi connectivity index (χ2v) is 3.84. The van der Waals surface area contributed by atoms with E-state index in [4.69, 9.17) is 14.7 Å². The molecule has 1 amide bonds. The van der Waals surface area contributed by atoms with Gasteiger partial charge in [0.1, 0.15) is 6.61 Å². The fourth-order valence-electron chi connectivity index (χ4n) is 1.74. The lowest BCUT2D eigenvalue weighted by Gasteiger charge is -2.15. The summed E-state index contributed by atoms with van der Waals surface area (Å²) in [6.45, 7) is 1.95. The summed E-state index contributed by atoms with van der Waals surface area (Å²) in [7, 11) is 0. The molecule has 0 aromatic rings. The predicted molar refractivity (Wildman–Crippen MR) is 47.2 cm³/mol. The highest BCUT2D eigenvalue weighted by molar-refractivity contribution is 5.75. The van der Waals surface area contributed by atoms with Gasteiger partial charge in [0.25, 0.3) is 0 Å². The zero-order valence-corrected chi connectivity index (χ0v) is 8.02. The zero-order valence-electron chi connectivity index (χ0n) is 8.02. The Morgan fingerprint density at radius 3 is 2.93 bits per heavy atom. The number of nitrogens with zero attached hydrogens (tertiary/aromatic N) is 1. The first-order valence-electron chi connectivity index (χ1n) is 4.95. The van der Waals surface area contributed by atoms with E-state index in [0.29, 0.717) is 25.5 Å². The maximum atomic E-state index is 11.6. The Hall–Kier alpha value is -0.650. The molecule has 0 saturated carbocycles. The lowest BCUT2D eigenvalue weighted by atomic mass is 10.0. The van der Waals surface area contributed by atoms with Crippen molar-refractivity contribution in [1.29, 1.82) is 0 Å².